The minimum Gasteiger partial charge on any atom is -0.367 e. The second-order valence-electron chi connectivity index (χ2n) is 6.94. The normalized spacial score (nSPS) is 33.2. The number of aliphatic hydroxyl groups is 2. The summed E-state index contributed by atoms with van der Waals surface area (Å²) >= 11 is 0. The van der Waals surface area contributed by atoms with Gasteiger partial charge < -0.3 is 10.2 Å². The lowest BCUT2D eigenvalue weighted by Gasteiger charge is -2.50. The fourth-order valence-electron chi connectivity index (χ4n) is 4.18. The zero-order chi connectivity index (χ0) is 22.3. The highest BCUT2D eigenvalue weighted by atomic mass is 32.2. The first-order valence-electron chi connectivity index (χ1n) is 8.30. The zero-order valence-electron chi connectivity index (χ0n) is 14.7. The maximum atomic E-state index is 13.2. The number of benzene rings is 1. The molecule has 0 saturated carbocycles. The quantitative estimate of drug-likeness (QED) is 0.408. The van der Waals surface area contributed by atoms with Crippen molar-refractivity contribution >= 4 is 38.0 Å². The van der Waals surface area contributed by atoms with Crippen molar-refractivity contribution in [3.63, 3.8) is 0 Å². The van der Waals surface area contributed by atoms with Gasteiger partial charge in [-0.1, -0.05) is 30.3 Å². The average Bonchev–Trinajstić information content (AvgIpc) is 2.67. The SMILES string of the molecule is O=C1C2=C(C(=O)c3ccccc31)[C@](O)(S(=O)(=O)O)[C@](O)(S(=O)(=O)O)[C@H]1N=CC=C[C@H]21. The van der Waals surface area contributed by atoms with E-state index in [9.17, 15) is 45.7 Å². The van der Waals surface area contributed by atoms with Crippen LogP contribution in [0.5, 0.6) is 0 Å². The molecule has 0 aromatic heterocycles. The zero-order valence-corrected chi connectivity index (χ0v) is 16.3. The van der Waals surface area contributed by atoms with Crippen molar-refractivity contribution < 1.29 is 45.7 Å². The van der Waals surface area contributed by atoms with Crippen molar-refractivity contribution in [2.75, 3.05) is 0 Å². The van der Waals surface area contributed by atoms with Crippen LogP contribution in [0.3, 0.4) is 0 Å². The molecule has 0 fully saturated rings. The van der Waals surface area contributed by atoms with Gasteiger partial charge in [0.15, 0.2) is 11.6 Å². The molecule has 0 spiro atoms. The van der Waals surface area contributed by atoms with Crippen LogP contribution in [0.1, 0.15) is 20.7 Å². The summed E-state index contributed by atoms with van der Waals surface area (Å²) in [6, 6.07) is 2.96. The lowest BCUT2D eigenvalue weighted by Crippen LogP contribution is -2.74. The molecular formula is C17H13NO10S2. The number of allylic oxidation sites excluding steroid dienone is 1. The topological polar surface area (TPSA) is 196 Å². The molecule has 1 heterocycles. The first-order chi connectivity index (χ1) is 13.8. The molecule has 1 aromatic rings. The number of carbonyl (C=O) groups excluding carboxylic acids is 2. The number of ketones is 2. The van der Waals surface area contributed by atoms with Crippen LogP contribution in [0, 0.1) is 5.92 Å². The summed E-state index contributed by atoms with van der Waals surface area (Å²) in [7, 11) is -12.0. The summed E-state index contributed by atoms with van der Waals surface area (Å²) in [5, 5.41) is 22.0. The van der Waals surface area contributed by atoms with E-state index in [1.54, 1.807) is 0 Å². The van der Waals surface area contributed by atoms with Crippen molar-refractivity contribution in [1.29, 1.82) is 0 Å². The van der Waals surface area contributed by atoms with Crippen molar-refractivity contribution in [3.05, 3.63) is 58.7 Å². The standard InChI is InChI=1S/C17H13NO10S2/c19-13-8-4-1-2-5-9(8)14(20)12-11(13)10-6-3-7-18-15(10)17(22,30(26,27)28)16(12,21)29(23,24)25/h1-7,10,15,21-22H,(H,23,24,25)(H,26,27,28)/t10-,15+,16+,17-/m1/s1. The number of nitrogens with zero attached hydrogens (tertiary/aromatic N) is 1. The van der Waals surface area contributed by atoms with E-state index in [1.807, 2.05) is 0 Å². The van der Waals surface area contributed by atoms with Crippen LogP contribution in [-0.2, 0) is 20.2 Å². The highest BCUT2D eigenvalue weighted by molar-refractivity contribution is 7.91. The number of dihydropyridines is 1. The predicted octanol–water partition coefficient (Wildman–Crippen LogP) is -0.846. The number of fused-ring (bicyclic) bond motifs is 3. The fraction of sp³-hybridized carbons (Fsp3) is 0.235. The van der Waals surface area contributed by atoms with Gasteiger partial charge in [0.25, 0.3) is 9.87 Å². The van der Waals surface area contributed by atoms with Gasteiger partial charge in [-0.05, 0) is 6.08 Å². The van der Waals surface area contributed by atoms with Gasteiger partial charge in [0.1, 0.15) is 6.04 Å². The molecule has 1 aromatic carbocycles. The number of rotatable bonds is 2. The fourth-order valence-corrected chi connectivity index (χ4v) is 6.73. The molecule has 0 saturated heterocycles. The average molecular weight is 455 g/mol. The van der Waals surface area contributed by atoms with Crippen LogP contribution in [0.2, 0.25) is 0 Å². The highest BCUT2D eigenvalue weighted by Crippen LogP contribution is 2.54. The number of Topliss-reactive ketones (excluding diaryl/α,β-unsaturated/α-hetero) is 2. The van der Waals surface area contributed by atoms with Gasteiger partial charge in [0, 0.05) is 28.8 Å². The summed E-state index contributed by atoms with van der Waals surface area (Å²) < 4.78 is 68.5. The van der Waals surface area contributed by atoms with Gasteiger partial charge in [-0.25, -0.2) is 0 Å². The van der Waals surface area contributed by atoms with Crippen molar-refractivity contribution in [1.82, 2.24) is 0 Å². The van der Waals surface area contributed by atoms with Crippen LogP contribution in [0.25, 0.3) is 0 Å². The van der Waals surface area contributed by atoms with Gasteiger partial charge in [-0.15, -0.1) is 0 Å². The van der Waals surface area contributed by atoms with E-state index in [1.165, 1.54) is 24.3 Å². The van der Waals surface area contributed by atoms with Crippen LogP contribution in [-0.4, -0.2) is 69.8 Å². The number of carbonyl (C=O) groups is 2. The Hall–Kier alpha value is -2.55. The highest BCUT2D eigenvalue weighted by Gasteiger charge is 2.77. The van der Waals surface area contributed by atoms with E-state index in [-0.39, 0.29) is 11.1 Å². The number of hydrogen-bond acceptors (Lipinski definition) is 9. The maximum Gasteiger partial charge on any atom is 0.304 e. The molecule has 4 N–H and O–H groups in total. The third-order valence-corrected chi connectivity index (χ3v) is 8.19. The third-order valence-electron chi connectivity index (χ3n) is 5.47. The molecule has 4 rings (SSSR count). The Morgan fingerprint density at radius 2 is 1.47 bits per heavy atom. The smallest absolute Gasteiger partial charge is 0.304 e. The Labute approximate surface area is 169 Å². The van der Waals surface area contributed by atoms with E-state index in [0.717, 1.165) is 18.4 Å². The van der Waals surface area contributed by atoms with E-state index in [2.05, 4.69) is 4.99 Å². The van der Waals surface area contributed by atoms with E-state index < -0.39 is 64.8 Å². The Balaban J connectivity index is 2.23. The van der Waals surface area contributed by atoms with Crippen LogP contribution < -0.4 is 0 Å². The van der Waals surface area contributed by atoms with E-state index >= 15 is 0 Å². The minimum atomic E-state index is -6.06. The Morgan fingerprint density at radius 3 is 2.00 bits per heavy atom. The van der Waals surface area contributed by atoms with Crippen LogP contribution >= 0.6 is 0 Å². The van der Waals surface area contributed by atoms with Gasteiger partial charge in [-0.2, -0.15) is 16.8 Å². The van der Waals surface area contributed by atoms with Gasteiger partial charge in [-0.3, -0.25) is 23.7 Å². The Morgan fingerprint density at radius 1 is 0.900 bits per heavy atom. The Kier molecular flexibility index (Phi) is 4.14. The molecule has 3 aliphatic rings. The first kappa shape index (κ1) is 20.7. The molecule has 11 nitrogen and oxygen atoms in total. The monoisotopic (exact) mass is 455 g/mol. The first-order valence-corrected chi connectivity index (χ1v) is 11.2. The molecule has 4 atom stereocenters. The molecule has 0 unspecified atom stereocenters. The largest absolute Gasteiger partial charge is 0.367 e. The summed E-state index contributed by atoms with van der Waals surface area (Å²) in [6.45, 7) is 0. The molecule has 13 heteroatoms. The molecule has 0 radical (unpaired) electrons. The second-order valence-corrected chi connectivity index (χ2v) is 10.1. The lowest BCUT2D eigenvalue weighted by molar-refractivity contribution is -0.0591. The summed E-state index contributed by atoms with van der Waals surface area (Å²) in [5.74, 6) is -3.76. The summed E-state index contributed by atoms with van der Waals surface area (Å²) in [5.41, 5.74) is -2.57. The minimum absolute atomic E-state index is 0.155. The molecule has 158 valence electrons. The van der Waals surface area contributed by atoms with Gasteiger partial charge >= 0.3 is 20.2 Å². The molecule has 2 aliphatic carbocycles. The molecule has 1 aliphatic heterocycles. The molecule has 0 amide bonds. The second kappa shape index (κ2) is 6.00. The van der Waals surface area contributed by atoms with E-state index in [0.29, 0.717) is 0 Å². The van der Waals surface area contributed by atoms with Gasteiger partial charge in [0.05, 0.1) is 5.57 Å². The third kappa shape index (κ3) is 2.24. The lowest BCUT2D eigenvalue weighted by atomic mass is 9.67. The summed E-state index contributed by atoms with van der Waals surface area (Å²) in [6.07, 6.45) is 3.34. The van der Waals surface area contributed by atoms with Crippen LogP contribution in [0.4, 0.5) is 0 Å². The van der Waals surface area contributed by atoms with E-state index in [4.69, 9.17) is 0 Å². The molecular weight excluding hydrogens is 442 g/mol. The molecule has 30 heavy (non-hydrogen) atoms. The number of aliphatic imine (C=N–C) groups is 1. The molecule has 0 bridgehead atoms. The van der Waals surface area contributed by atoms with Crippen molar-refractivity contribution in [2.45, 2.75) is 15.9 Å². The van der Waals surface area contributed by atoms with Crippen molar-refractivity contribution in [3.8, 4) is 0 Å². The number of hydrogen-bond donors (Lipinski definition) is 4. The van der Waals surface area contributed by atoms with Gasteiger partial charge in [0.2, 0.25) is 0 Å². The Bertz CT molecular complexity index is 1320. The maximum absolute atomic E-state index is 13.2. The predicted molar refractivity (Wildman–Crippen MR) is 100 cm³/mol. The van der Waals surface area contributed by atoms with Crippen molar-refractivity contribution in [2.24, 2.45) is 10.9 Å². The summed E-state index contributed by atoms with van der Waals surface area (Å²) in [4.78, 5) is 21.5. The van der Waals surface area contributed by atoms with Crippen LogP contribution in [0.15, 0.2) is 52.6 Å².